The van der Waals surface area contributed by atoms with Crippen molar-refractivity contribution in [2.24, 2.45) is 0 Å². The molecule has 0 saturated heterocycles. The zero-order valence-corrected chi connectivity index (χ0v) is 10.1. The largest absolute Gasteiger partial charge is 0.372 e. The van der Waals surface area contributed by atoms with E-state index < -0.39 is 0 Å². The Hall–Kier alpha value is -1.70. The second kappa shape index (κ2) is 6.01. The number of anilines is 1. The molecule has 0 aliphatic carbocycles. The standard InChI is InChI=1S/C14H20N2/c1-5-15-12(4)16-14-8-6-13(7-9-14)10-11(2)3/h6-9,15-16H,2,4-5,10H2,1,3H3. The highest BCUT2D eigenvalue weighted by molar-refractivity contribution is 5.48. The molecule has 2 N–H and O–H groups in total. The summed E-state index contributed by atoms with van der Waals surface area (Å²) in [4.78, 5) is 0. The molecule has 0 aliphatic rings. The number of hydrogen-bond donors (Lipinski definition) is 2. The van der Waals surface area contributed by atoms with Crippen molar-refractivity contribution < 1.29 is 0 Å². The predicted octanol–water partition coefficient (Wildman–Crippen LogP) is 3.30. The van der Waals surface area contributed by atoms with Crippen molar-refractivity contribution in [1.29, 1.82) is 0 Å². The van der Waals surface area contributed by atoms with E-state index in [0.717, 1.165) is 24.5 Å². The van der Waals surface area contributed by atoms with Gasteiger partial charge in [-0.05, 0) is 38.0 Å². The number of nitrogens with one attached hydrogen (secondary N) is 2. The van der Waals surface area contributed by atoms with Gasteiger partial charge < -0.3 is 10.6 Å². The predicted molar refractivity (Wildman–Crippen MR) is 71.4 cm³/mol. The third-order valence-corrected chi connectivity index (χ3v) is 2.15. The number of allylic oxidation sites excluding steroid dienone is 1. The Kier molecular flexibility index (Phi) is 4.65. The van der Waals surface area contributed by atoms with Crippen LogP contribution in [0.1, 0.15) is 19.4 Å². The van der Waals surface area contributed by atoms with Gasteiger partial charge in [-0.25, -0.2) is 0 Å². The lowest BCUT2D eigenvalue weighted by Gasteiger charge is -2.11. The zero-order valence-electron chi connectivity index (χ0n) is 10.1. The molecule has 0 radical (unpaired) electrons. The molecular formula is C14H20N2. The molecule has 2 heteroatoms. The summed E-state index contributed by atoms with van der Waals surface area (Å²) < 4.78 is 0. The summed E-state index contributed by atoms with van der Waals surface area (Å²) in [5.41, 5.74) is 3.52. The maximum Gasteiger partial charge on any atom is 0.0957 e. The molecule has 1 aromatic rings. The fourth-order valence-electron chi connectivity index (χ4n) is 1.49. The first-order chi connectivity index (χ1) is 7.61. The highest BCUT2D eigenvalue weighted by Gasteiger charge is 1.96. The molecule has 0 fully saturated rings. The van der Waals surface area contributed by atoms with E-state index in [1.165, 1.54) is 11.1 Å². The molecule has 1 aromatic carbocycles. The fraction of sp³-hybridized carbons (Fsp3) is 0.286. The van der Waals surface area contributed by atoms with E-state index in [1.807, 2.05) is 13.8 Å². The van der Waals surface area contributed by atoms with Crippen LogP contribution < -0.4 is 10.6 Å². The lowest BCUT2D eigenvalue weighted by atomic mass is 10.1. The number of hydrogen-bond acceptors (Lipinski definition) is 2. The third kappa shape index (κ3) is 4.22. The lowest BCUT2D eigenvalue weighted by molar-refractivity contribution is 0.864. The Balaban J connectivity index is 2.57. The van der Waals surface area contributed by atoms with Crippen molar-refractivity contribution in [1.82, 2.24) is 5.32 Å². The van der Waals surface area contributed by atoms with Crippen LogP contribution >= 0.6 is 0 Å². The van der Waals surface area contributed by atoms with E-state index in [0.29, 0.717) is 0 Å². The SMILES string of the molecule is C=C(C)Cc1ccc(NC(=C)NCC)cc1. The molecule has 0 aliphatic heterocycles. The molecule has 0 saturated carbocycles. The van der Waals surface area contributed by atoms with Crippen LogP contribution in [-0.4, -0.2) is 6.54 Å². The maximum absolute atomic E-state index is 3.91. The Morgan fingerprint density at radius 2 is 1.81 bits per heavy atom. The minimum Gasteiger partial charge on any atom is -0.372 e. The van der Waals surface area contributed by atoms with Crippen LogP contribution in [0.25, 0.3) is 0 Å². The number of rotatable bonds is 6. The van der Waals surface area contributed by atoms with Gasteiger partial charge in [0.2, 0.25) is 0 Å². The van der Waals surface area contributed by atoms with Gasteiger partial charge in [0.25, 0.3) is 0 Å². The van der Waals surface area contributed by atoms with Crippen LogP contribution in [0.5, 0.6) is 0 Å². The summed E-state index contributed by atoms with van der Waals surface area (Å²) >= 11 is 0. The molecule has 0 amide bonds. The first-order valence-electron chi connectivity index (χ1n) is 5.55. The molecule has 0 heterocycles. The van der Waals surface area contributed by atoms with Gasteiger partial charge in [-0.2, -0.15) is 0 Å². The first-order valence-corrected chi connectivity index (χ1v) is 5.55. The second-order valence-corrected chi connectivity index (χ2v) is 3.96. The molecule has 1 rings (SSSR count). The average molecular weight is 216 g/mol. The Bertz CT molecular complexity index is 363. The van der Waals surface area contributed by atoms with Gasteiger partial charge in [-0.15, -0.1) is 0 Å². The fourth-order valence-corrected chi connectivity index (χ4v) is 1.49. The van der Waals surface area contributed by atoms with Crippen LogP contribution in [0.4, 0.5) is 5.69 Å². The van der Waals surface area contributed by atoms with E-state index in [1.54, 1.807) is 0 Å². The zero-order chi connectivity index (χ0) is 12.0. The Morgan fingerprint density at radius 1 is 1.19 bits per heavy atom. The van der Waals surface area contributed by atoms with Crippen molar-refractivity contribution in [2.75, 3.05) is 11.9 Å². The van der Waals surface area contributed by atoms with Crippen molar-refractivity contribution in [3.8, 4) is 0 Å². The summed E-state index contributed by atoms with van der Waals surface area (Å²) in [6.07, 6.45) is 0.939. The van der Waals surface area contributed by atoms with Gasteiger partial charge >= 0.3 is 0 Å². The van der Waals surface area contributed by atoms with E-state index in [-0.39, 0.29) is 0 Å². The molecule has 86 valence electrons. The Labute approximate surface area is 98.1 Å². The molecular weight excluding hydrogens is 196 g/mol. The summed E-state index contributed by atoms with van der Waals surface area (Å²) in [7, 11) is 0. The lowest BCUT2D eigenvalue weighted by Crippen LogP contribution is -2.17. The van der Waals surface area contributed by atoms with Gasteiger partial charge in [0.05, 0.1) is 5.82 Å². The van der Waals surface area contributed by atoms with Gasteiger partial charge in [-0.1, -0.05) is 30.9 Å². The first kappa shape index (κ1) is 12.4. The Morgan fingerprint density at radius 3 is 2.31 bits per heavy atom. The average Bonchev–Trinajstić information content (AvgIpc) is 2.20. The van der Waals surface area contributed by atoms with Crippen LogP contribution in [-0.2, 0) is 6.42 Å². The van der Waals surface area contributed by atoms with Gasteiger partial charge in [-0.3, -0.25) is 0 Å². The van der Waals surface area contributed by atoms with E-state index in [2.05, 4.69) is 48.1 Å². The van der Waals surface area contributed by atoms with Crippen LogP contribution in [0.2, 0.25) is 0 Å². The smallest absolute Gasteiger partial charge is 0.0957 e. The van der Waals surface area contributed by atoms with E-state index in [4.69, 9.17) is 0 Å². The summed E-state index contributed by atoms with van der Waals surface area (Å²) in [6.45, 7) is 12.7. The van der Waals surface area contributed by atoms with Crippen LogP contribution in [0.15, 0.2) is 48.8 Å². The van der Waals surface area contributed by atoms with Crippen molar-refractivity contribution >= 4 is 5.69 Å². The molecule has 0 spiro atoms. The van der Waals surface area contributed by atoms with E-state index in [9.17, 15) is 0 Å². The molecule has 0 unspecified atom stereocenters. The monoisotopic (exact) mass is 216 g/mol. The molecule has 0 atom stereocenters. The molecule has 0 aromatic heterocycles. The minimum atomic E-state index is 0.829. The van der Waals surface area contributed by atoms with Crippen molar-refractivity contribution in [3.05, 3.63) is 54.4 Å². The highest BCUT2D eigenvalue weighted by atomic mass is 15.1. The van der Waals surface area contributed by atoms with Crippen molar-refractivity contribution in [3.63, 3.8) is 0 Å². The summed E-state index contributed by atoms with van der Waals surface area (Å²) in [5, 5.41) is 6.32. The third-order valence-electron chi connectivity index (χ3n) is 2.15. The number of benzene rings is 1. The molecule has 0 bridgehead atoms. The van der Waals surface area contributed by atoms with Crippen molar-refractivity contribution in [2.45, 2.75) is 20.3 Å². The summed E-state index contributed by atoms with van der Waals surface area (Å²) in [6, 6.07) is 8.33. The van der Waals surface area contributed by atoms with Crippen LogP contribution in [0, 0.1) is 0 Å². The normalized spacial score (nSPS) is 9.62. The molecule has 2 nitrogen and oxygen atoms in total. The minimum absolute atomic E-state index is 0.829. The van der Waals surface area contributed by atoms with Gasteiger partial charge in [0.1, 0.15) is 0 Å². The quantitative estimate of drug-likeness (QED) is 0.713. The summed E-state index contributed by atoms with van der Waals surface area (Å²) in [5.74, 6) is 0.829. The van der Waals surface area contributed by atoms with Crippen LogP contribution in [0.3, 0.4) is 0 Å². The van der Waals surface area contributed by atoms with Gasteiger partial charge in [0.15, 0.2) is 0 Å². The topological polar surface area (TPSA) is 24.1 Å². The van der Waals surface area contributed by atoms with E-state index >= 15 is 0 Å². The molecule has 16 heavy (non-hydrogen) atoms. The highest BCUT2D eigenvalue weighted by Crippen LogP contribution is 2.13. The van der Waals surface area contributed by atoms with Gasteiger partial charge in [0, 0.05) is 12.2 Å². The second-order valence-electron chi connectivity index (χ2n) is 3.96. The maximum atomic E-state index is 3.91.